The Morgan fingerprint density at radius 3 is 2.93 bits per heavy atom. The van der Waals surface area contributed by atoms with Crippen LogP contribution in [0.15, 0.2) is 29.2 Å². The van der Waals surface area contributed by atoms with Crippen LogP contribution in [0.2, 0.25) is 0 Å². The summed E-state index contributed by atoms with van der Waals surface area (Å²) in [5.41, 5.74) is 0. The van der Waals surface area contributed by atoms with Crippen LogP contribution in [-0.4, -0.2) is 18.5 Å². The van der Waals surface area contributed by atoms with Crippen molar-refractivity contribution in [2.75, 3.05) is 18.5 Å². The molecule has 0 amide bonds. The lowest BCUT2D eigenvalue weighted by Crippen LogP contribution is -1.93. The summed E-state index contributed by atoms with van der Waals surface area (Å²) in [5, 5.41) is 0. The lowest BCUT2D eigenvalue weighted by molar-refractivity contribution is 0.332. The van der Waals surface area contributed by atoms with E-state index in [9.17, 15) is 4.57 Å². The molecule has 0 atom stereocenters. The van der Waals surface area contributed by atoms with E-state index in [1.54, 1.807) is 11.8 Å². The molecule has 0 saturated heterocycles. The molecule has 0 aliphatic heterocycles. The first-order valence-electron chi connectivity index (χ1n) is 4.52. The van der Waals surface area contributed by atoms with Gasteiger partial charge < -0.3 is 4.74 Å². The van der Waals surface area contributed by atoms with Crippen molar-refractivity contribution >= 4 is 20.2 Å². The molecule has 0 fully saturated rings. The molecular weight excluding hydrogens is 215 g/mol. The summed E-state index contributed by atoms with van der Waals surface area (Å²) in [4.78, 5) is 1.12. The average molecular weight is 228 g/mol. The molecule has 0 N–H and O–H groups in total. The van der Waals surface area contributed by atoms with Gasteiger partial charge in [0.25, 0.3) is 0 Å². The van der Waals surface area contributed by atoms with Crippen molar-refractivity contribution in [3.63, 3.8) is 0 Å². The van der Waals surface area contributed by atoms with E-state index in [-0.39, 0.29) is 8.46 Å². The van der Waals surface area contributed by atoms with Crippen molar-refractivity contribution in [1.82, 2.24) is 0 Å². The van der Waals surface area contributed by atoms with E-state index in [0.717, 1.165) is 16.4 Å². The summed E-state index contributed by atoms with van der Waals surface area (Å²) in [7, 11) is 0.212. The molecule has 0 aliphatic rings. The maximum Gasteiger partial charge on any atom is 0.156 e. The second-order valence-corrected chi connectivity index (χ2v) is 4.42. The van der Waals surface area contributed by atoms with Crippen LogP contribution in [0.5, 0.6) is 5.75 Å². The molecule has 0 saturated carbocycles. The van der Waals surface area contributed by atoms with Crippen molar-refractivity contribution in [2.45, 2.75) is 11.8 Å². The summed E-state index contributed by atoms with van der Waals surface area (Å²) in [6, 6.07) is 7.93. The molecular formula is C10H13O2PS. The first-order valence-corrected chi connectivity index (χ1v) is 6.50. The molecule has 0 heterocycles. The zero-order chi connectivity index (χ0) is 10.2. The molecule has 0 spiro atoms. The SMILES string of the molecule is CCOc1ccccc1SCCP=O. The van der Waals surface area contributed by atoms with Crippen LogP contribution < -0.4 is 4.74 Å². The van der Waals surface area contributed by atoms with Gasteiger partial charge in [0.15, 0.2) is 8.46 Å². The Kier molecular flexibility index (Phi) is 5.65. The maximum atomic E-state index is 10.3. The minimum atomic E-state index is 0.212. The highest BCUT2D eigenvalue weighted by atomic mass is 32.2. The van der Waals surface area contributed by atoms with Crippen LogP contribution in [0.4, 0.5) is 0 Å². The van der Waals surface area contributed by atoms with Gasteiger partial charge in [-0.25, -0.2) is 0 Å². The first kappa shape index (κ1) is 11.5. The third-order valence-electron chi connectivity index (χ3n) is 1.59. The Labute approximate surface area is 90.2 Å². The minimum absolute atomic E-state index is 0.212. The van der Waals surface area contributed by atoms with Gasteiger partial charge in [0.05, 0.1) is 6.61 Å². The van der Waals surface area contributed by atoms with E-state index in [1.807, 2.05) is 31.2 Å². The van der Waals surface area contributed by atoms with Gasteiger partial charge in [-0.15, -0.1) is 11.8 Å². The number of benzene rings is 1. The molecule has 0 bridgehead atoms. The Bertz CT molecular complexity index is 291. The fourth-order valence-electron chi connectivity index (χ4n) is 1.04. The standard InChI is InChI=1S/C10H13O2PS/c1-2-12-9-5-3-4-6-10(9)14-8-7-13-11/h3-6H,2,7-8H2,1H3. The van der Waals surface area contributed by atoms with E-state index in [2.05, 4.69) is 0 Å². The lowest BCUT2D eigenvalue weighted by Gasteiger charge is -2.08. The number of hydrogen-bond acceptors (Lipinski definition) is 3. The Hall–Kier alpha value is -0.530. The number of thioether (sulfide) groups is 1. The van der Waals surface area contributed by atoms with E-state index in [4.69, 9.17) is 4.74 Å². The number of ether oxygens (including phenoxy) is 1. The molecule has 0 aromatic heterocycles. The number of hydrogen-bond donors (Lipinski definition) is 0. The molecule has 0 unspecified atom stereocenters. The lowest BCUT2D eigenvalue weighted by atomic mass is 10.3. The topological polar surface area (TPSA) is 26.3 Å². The number of rotatable bonds is 6. The molecule has 1 rings (SSSR count). The van der Waals surface area contributed by atoms with Gasteiger partial charge in [-0.05, 0) is 19.1 Å². The molecule has 76 valence electrons. The van der Waals surface area contributed by atoms with Crippen LogP contribution in [0.3, 0.4) is 0 Å². The van der Waals surface area contributed by atoms with Crippen LogP contribution in [-0.2, 0) is 4.57 Å². The minimum Gasteiger partial charge on any atom is -0.493 e. The van der Waals surface area contributed by atoms with Crippen LogP contribution >= 0.6 is 20.2 Å². The Balaban J connectivity index is 2.59. The molecule has 4 heteroatoms. The summed E-state index contributed by atoms with van der Waals surface area (Å²) in [6.45, 7) is 2.65. The van der Waals surface area contributed by atoms with Gasteiger partial charge in [0.2, 0.25) is 0 Å². The maximum absolute atomic E-state index is 10.3. The molecule has 14 heavy (non-hydrogen) atoms. The molecule has 0 aliphatic carbocycles. The largest absolute Gasteiger partial charge is 0.493 e. The Morgan fingerprint density at radius 1 is 1.43 bits per heavy atom. The van der Waals surface area contributed by atoms with Gasteiger partial charge in [0.1, 0.15) is 5.75 Å². The molecule has 0 radical (unpaired) electrons. The van der Waals surface area contributed by atoms with Gasteiger partial charge in [-0.1, -0.05) is 12.1 Å². The third-order valence-corrected chi connectivity index (χ3v) is 3.35. The van der Waals surface area contributed by atoms with Gasteiger partial charge >= 0.3 is 0 Å². The van der Waals surface area contributed by atoms with Crippen molar-refractivity contribution < 1.29 is 9.30 Å². The van der Waals surface area contributed by atoms with Crippen LogP contribution in [0, 0.1) is 0 Å². The predicted molar refractivity (Wildman–Crippen MR) is 60.8 cm³/mol. The third kappa shape index (κ3) is 3.69. The van der Waals surface area contributed by atoms with Crippen LogP contribution in [0.1, 0.15) is 6.92 Å². The van der Waals surface area contributed by atoms with Crippen molar-refractivity contribution in [1.29, 1.82) is 0 Å². The summed E-state index contributed by atoms with van der Waals surface area (Å²) >= 11 is 1.68. The highest BCUT2D eigenvalue weighted by molar-refractivity contribution is 7.99. The summed E-state index contributed by atoms with van der Waals surface area (Å²) < 4.78 is 15.7. The predicted octanol–water partition coefficient (Wildman–Crippen LogP) is 3.47. The van der Waals surface area contributed by atoms with Crippen LogP contribution in [0.25, 0.3) is 0 Å². The van der Waals surface area contributed by atoms with E-state index >= 15 is 0 Å². The van der Waals surface area contributed by atoms with Gasteiger partial charge in [-0.2, -0.15) is 0 Å². The zero-order valence-electron chi connectivity index (χ0n) is 8.10. The fraction of sp³-hybridized carbons (Fsp3) is 0.400. The van der Waals surface area contributed by atoms with Gasteiger partial charge in [-0.3, -0.25) is 4.57 Å². The molecule has 2 nitrogen and oxygen atoms in total. The fourth-order valence-corrected chi connectivity index (χ4v) is 2.36. The van der Waals surface area contributed by atoms with E-state index in [1.165, 1.54) is 0 Å². The van der Waals surface area contributed by atoms with Crippen molar-refractivity contribution in [3.05, 3.63) is 24.3 Å². The van der Waals surface area contributed by atoms with Crippen molar-refractivity contribution in [3.8, 4) is 5.75 Å². The Morgan fingerprint density at radius 2 is 2.21 bits per heavy atom. The zero-order valence-corrected chi connectivity index (χ0v) is 9.81. The second kappa shape index (κ2) is 6.86. The van der Waals surface area contributed by atoms with E-state index < -0.39 is 0 Å². The van der Waals surface area contributed by atoms with Crippen molar-refractivity contribution in [2.24, 2.45) is 0 Å². The highest BCUT2D eigenvalue weighted by Crippen LogP contribution is 2.29. The normalized spacial score (nSPS) is 10.4. The summed E-state index contributed by atoms with van der Waals surface area (Å²) in [5.74, 6) is 1.78. The van der Waals surface area contributed by atoms with Gasteiger partial charge in [0, 0.05) is 16.8 Å². The second-order valence-electron chi connectivity index (χ2n) is 2.58. The average Bonchev–Trinajstić information content (AvgIpc) is 2.21. The highest BCUT2D eigenvalue weighted by Gasteiger charge is 2.01. The molecule has 1 aromatic carbocycles. The monoisotopic (exact) mass is 228 g/mol. The summed E-state index contributed by atoms with van der Waals surface area (Å²) in [6.07, 6.45) is 0.686. The quantitative estimate of drug-likeness (QED) is 0.423. The molecule has 1 aromatic rings. The first-order chi connectivity index (χ1) is 6.88. The van der Waals surface area contributed by atoms with E-state index in [0.29, 0.717) is 12.8 Å². The smallest absolute Gasteiger partial charge is 0.156 e. The number of para-hydroxylation sites is 1.